The van der Waals surface area contributed by atoms with Gasteiger partial charge in [0.1, 0.15) is 22.6 Å². The van der Waals surface area contributed by atoms with Gasteiger partial charge < -0.3 is 9.97 Å². The second-order valence-electron chi connectivity index (χ2n) is 26.4. The van der Waals surface area contributed by atoms with E-state index in [1.54, 1.807) is 0 Å². The Morgan fingerprint density at radius 3 is 0.500 bits per heavy atom. The van der Waals surface area contributed by atoms with E-state index in [0.717, 1.165) is 0 Å². The van der Waals surface area contributed by atoms with Crippen molar-refractivity contribution < 1.29 is 263 Å². The number of benzene rings is 4. The molecule has 4 aromatic carbocycles. The Morgan fingerprint density at radius 1 is 0.148 bits per heavy atom. The smallest absolute Gasteiger partial charge is 0.324 e. The first kappa shape index (κ1) is 102. The molecule has 2 aliphatic rings. The van der Waals surface area contributed by atoms with Crippen LogP contribution < -0.4 is 0 Å². The minimum atomic E-state index is -9.24. The summed E-state index contributed by atoms with van der Waals surface area (Å²) in [5.74, 6) is -219. The predicted octanol–water partition coefficient (Wildman–Crippen LogP) is 26.2. The Balaban J connectivity index is 1.46. The molecular weight excluding hydrogens is 1970 g/mol. The highest BCUT2D eigenvalue weighted by atomic mass is 19.5. The molecule has 0 fully saturated rings. The van der Waals surface area contributed by atoms with Crippen molar-refractivity contribution in [2.45, 2.75) is 167 Å². The third-order valence-corrected chi connectivity index (χ3v) is 18.6. The van der Waals surface area contributed by atoms with Gasteiger partial charge in [0.15, 0.2) is 23.3 Å². The number of aromatic nitrogens is 8. The van der Waals surface area contributed by atoms with Crippen LogP contribution in [0.5, 0.6) is 0 Å². The second kappa shape index (κ2) is 27.8. The van der Waals surface area contributed by atoms with Crippen molar-refractivity contribution in [3.05, 3.63) is 95.1 Å². The van der Waals surface area contributed by atoms with Crippen LogP contribution in [0, 0.1) is 0 Å². The van der Waals surface area contributed by atoms with Gasteiger partial charge in [-0.1, -0.05) is 36.4 Å². The van der Waals surface area contributed by atoms with Gasteiger partial charge in [0.25, 0.3) is 0 Å². The van der Waals surface area contributed by atoms with Crippen LogP contribution in [0.3, 0.4) is 0 Å². The van der Waals surface area contributed by atoms with Gasteiger partial charge in [-0.3, -0.25) is 0 Å². The summed E-state index contributed by atoms with van der Waals surface area (Å²) in [5.41, 5.74) is -30.0. The van der Waals surface area contributed by atoms with Crippen molar-refractivity contribution in [1.82, 2.24) is 39.9 Å². The largest absolute Gasteiger partial charge is 0.460 e. The molecule has 0 aliphatic carbocycles. The van der Waals surface area contributed by atoms with E-state index in [-0.39, 0.29) is 0 Å². The van der Waals surface area contributed by atoms with Crippen molar-refractivity contribution in [2.24, 2.45) is 0 Å². The lowest BCUT2D eigenvalue weighted by Crippen LogP contribution is -2.72. The summed E-state index contributed by atoms with van der Waals surface area (Å²) in [6.07, 6.45) is -33.2. The number of alkyl halides is 60. The molecule has 8 nitrogen and oxygen atoms in total. The number of hydrogen-bond acceptors (Lipinski definition) is 6. The minimum absolute atomic E-state index is 0.560. The molecule has 0 spiro atoms. The first-order valence-electron chi connectivity index (χ1n) is 31.0. The highest BCUT2D eigenvalue weighted by Gasteiger charge is 2.98. The van der Waals surface area contributed by atoms with E-state index in [9.17, 15) is 158 Å². The molecule has 3 aromatic heterocycles. The summed E-state index contributed by atoms with van der Waals surface area (Å²) in [6, 6.07) is -11.3. The summed E-state index contributed by atoms with van der Waals surface area (Å²) < 4.78 is 875. The number of H-pyrrole nitrogens is 2. The van der Waals surface area contributed by atoms with Gasteiger partial charge >= 0.3 is 167 Å². The second-order valence-corrected chi connectivity index (χ2v) is 26.4. The zero-order valence-corrected chi connectivity index (χ0v) is 57.3. The maximum atomic E-state index is 16.2. The number of halogens is 60. The first-order chi connectivity index (χ1) is 56.2. The molecule has 0 unspecified atom stereocenters. The molecule has 0 radical (unpaired) electrons. The van der Waals surface area contributed by atoms with Crippen LogP contribution in [0.25, 0.3) is 89.7 Å². The Morgan fingerprint density at radius 2 is 0.305 bits per heavy atom. The van der Waals surface area contributed by atoms with Crippen molar-refractivity contribution >= 4 is 44.1 Å². The molecule has 0 saturated carbocycles. The van der Waals surface area contributed by atoms with Gasteiger partial charge in [-0.05, 0) is 36.4 Å². The summed E-state index contributed by atoms with van der Waals surface area (Å²) in [4.78, 5) is 22.4. The molecule has 2 aliphatic heterocycles. The van der Waals surface area contributed by atoms with Gasteiger partial charge in [-0.15, -0.1) is 0 Å². The number of nitrogens with zero attached hydrogens (tertiary/aromatic N) is 6. The fraction of sp³-hybridized carbons (Fsp3) is 0.467. The standard InChI is InChI=1S/C60H14F60N8/c61-33(62,37(69,70)41(77,78)45(85,86)49(93,94)53(101,102)57(109,110)111)13-1-5-17-21(9-13)29-122-25(17)121-26-18-6-2-15(35(65,66)39(73,74)43(81,82)47(89,90)51(97,98)55(105,106)59(115,116)117)11-23(18)31(123-26)128-32-24-12-16(36(67,68)40(75,76)44(83,84)48(91,92)52(99,100)56(107,108)60(118,119)120)4-8-20(24)28(127-32)126-30-22-10-14(3-7-19(22)27(124-29)125-30)34(63,64)38(71,72)42(79,80)46(87,88)50(95,96)54(103,104)58(112,113)114/h1-12H,(H2,121,122,123,124,125,126,127,128). The van der Waals surface area contributed by atoms with E-state index < -0.39 is 352 Å². The minimum Gasteiger partial charge on any atom is -0.324 e. The quantitative estimate of drug-likeness (QED) is 0.0584. The average Bonchev–Trinajstić information content (AvgIpc) is 0.713. The first-order valence-corrected chi connectivity index (χ1v) is 31.0. The van der Waals surface area contributed by atoms with Crippen LogP contribution in [0.1, 0.15) is 22.3 Å². The Labute approximate surface area is 654 Å². The maximum absolute atomic E-state index is 16.2. The van der Waals surface area contributed by atoms with Crippen LogP contribution in [0.2, 0.25) is 0 Å². The lowest BCUT2D eigenvalue weighted by molar-refractivity contribution is -0.453. The zero-order chi connectivity index (χ0) is 99.7. The summed E-state index contributed by atoms with van der Waals surface area (Å²) in [6.45, 7) is 0. The van der Waals surface area contributed by atoms with Crippen LogP contribution in [-0.2, 0) is 23.7 Å². The molecule has 8 bridgehead atoms. The molecule has 5 heterocycles. The third-order valence-electron chi connectivity index (χ3n) is 18.6. The number of hydrogen-bond donors (Lipinski definition) is 2. The highest BCUT2D eigenvalue weighted by Crippen LogP contribution is 2.71. The number of fused-ring (bicyclic) bond motifs is 20. The Hall–Kier alpha value is -9.96. The molecule has 7 aromatic rings. The normalized spacial score (nSPS) is 16.0. The van der Waals surface area contributed by atoms with Crippen molar-refractivity contribution in [3.8, 4) is 45.6 Å². The van der Waals surface area contributed by atoms with Gasteiger partial charge in [0.2, 0.25) is 0 Å². The van der Waals surface area contributed by atoms with Gasteiger partial charge in [-0.25, -0.2) is 29.9 Å². The van der Waals surface area contributed by atoms with E-state index in [0.29, 0.717) is 0 Å². The molecule has 2 N–H and O–H groups in total. The number of aromatic amines is 2. The van der Waals surface area contributed by atoms with Crippen molar-refractivity contribution in [2.75, 3.05) is 0 Å². The molecule has 128 heavy (non-hydrogen) atoms. The van der Waals surface area contributed by atoms with Crippen molar-refractivity contribution in [1.29, 1.82) is 0 Å². The van der Waals surface area contributed by atoms with Crippen LogP contribution in [-0.4, -0.2) is 183 Å². The Kier molecular flexibility index (Phi) is 22.1. The monoisotopic (exact) mass is 1990 g/mol. The summed E-state index contributed by atoms with van der Waals surface area (Å²) >= 11 is 0. The maximum Gasteiger partial charge on any atom is 0.460 e. The average molecular weight is 1990 g/mol. The summed E-state index contributed by atoms with van der Waals surface area (Å²) in [7, 11) is 0. The molecule has 68 heteroatoms. The van der Waals surface area contributed by atoms with Crippen LogP contribution in [0.4, 0.5) is 263 Å². The zero-order valence-electron chi connectivity index (χ0n) is 57.3. The van der Waals surface area contributed by atoms with E-state index in [4.69, 9.17) is 0 Å². The molecule has 9 rings (SSSR count). The number of nitrogens with one attached hydrogen (secondary N) is 2. The fourth-order valence-corrected chi connectivity index (χ4v) is 11.2. The van der Waals surface area contributed by atoms with Crippen LogP contribution >= 0.6 is 0 Å². The molecular formula is C60H14F60N8. The molecule has 0 amide bonds. The van der Waals surface area contributed by atoms with E-state index in [1.165, 1.54) is 9.97 Å². The van der Waals surface area contributed by atoms with E-state index in [2.05, 4.69) is 29.9 Å². The van der Waals surface area contributed by atoms with E-state index in [1.807, 2.05) is 0 Å². The Bertz CT molecular complexity index is 5730. The summed E-state index contributed by atoms with van der Waals surface area (Å²) in [5, 5.41) is -7.88. The fourth-order valence-electron chi connectivity index (χ4n) is 11.2. The predicted molar refractivity (Wildman–Crippen MR) is 295 cm³/mol. The van der Waals surface area contributed by atoms with Crippen LogP contribution in [0.15, 0.2) is 72.8 Å². The van der Waals surface area contributed by atoms with Crippen molar-refractivity contribution in [3.63, 3.8) is 0 Å². The molecule has 0 atom stereocenters. The highest BCUT2D eigenvalue weighted by molar-refractivity contribution is 6.07. The molecule has 714 valence electrons. The SMILES string of the molecule is FC(F)(F)C(F)(F)C(F)(F)C(F)(F)C(F)(F)C(F)(F)C(F)(F)c1ccc2c(c1)-c1nc-2nc2[nH]c(nc3nc(nc4[nH]c(n1)c1ccc(C(F)(F)C(F)(F)C(F)(F)C(F)(F)C(F)(F)C(F)(F)C(F)(F)F)cc41)-c1cc(C(F)(F)C(F)(F)C(F)(F)C(F)(F)C(F)(F)C(F)(F)C(F)(F)F)ccc1-3)c1ccc(C(F)(F)C(F)(F)C(F)(F)C(F)(F)C(F)(F)C(F)(F)C(F)(F)F)cc21. The lowest BCUT2D eigenvalue weighted by atomic mass is 9.88. The molecule has 0 saturated heterocycles. The number of rotatable bonds is 24. The topological polar surface area (TPSA) is 109 Å². The van der Waals surface area contributed by atoms with Gasteiger partial charge in [0.05, 0.1) is 0 Å². The van der Waals surface area contributed by atoms with Gasteiger partial charge in [0, 0.05) is 66.1 Å². The lowest BCUT2D eigenvalue weighted by Gasteiger charge is -2.41. The third kappa shape index (κ3) is 12.8. The van der Waals surface area contributed by atoms with E-state index >= 15 is 105 Å². The van der Waals surface area contributed by atoms with Gasteiger partial charge in [-0.2, -0.15) is 263 Å².